The van der Waals surface area contributed by atoms with Gasteiger partial charge in [0.25, 0.3) is 0 Å². The second-order valence-corrected chi connectivity index (χ2v) is 4.63. The average molecular weight is 212 g/mol. The Balaban J connectivity index is 2.42. The lowest BCUT2D eigenvalue weighted by atomic mass is 10.1. The van der Waals surface area contributed by atoms with Crippen molar-refractivity contribution in [1.82, 2.24) is 10.2 Å². The van der Waals surface area contributed by atoms with Crippen LogP contribution in [0.5, 0.6) is 0 Å². The molecule has 0 saturated heterocycles. The van der Waals surface area contributed by atoms with E-state index in [4.69, 9.17) is 0 Å². The summed E-state index contributed by atoms with van der Waals surface area (Å²) in [5.74, 6) is 0. The molecule has 0 amide bonds. The number of hydrogen-bond donors (Lipinski definition) is 1. The van der Waals surface area contributed by atoms with Crippen LogP contribution in [-0.2, 0) is 6.42 Å². The summed E-state index contributed by atoms with van der Waals surface area (Å²) in [6.45, 7) is 4.31. The van der Waals surface area contributed by atoms with Crippen LogP contribution in [0.3, 0.4) is 0 Å². The Kier molecular flexibility index (Phi) is 5.15. The molecule has 2 nitrogen and oxygen atoms in total. The largest absolute Gasteiger partial charge is 0.313 e. The molecule has 0 aromatic carbocycles. The third-order valence-corrected chi connectivity index (χ3v) is 2.87. The lowest BCUT2D eigenvalue weighted by molar-refractivity contribution is 0.339. The van der Waals surface area contributed by atoms with Gasteiger partial charge in [0.05, 0.1) is 0 Å². The van der Waals surface area contributed by atoms with Gasteiger partial charge in [-0.1, -0.05) is 6.92 Å². The van der Waals surface area contributed by atoms with Crippen molar-refractivity contribution in [3.63, 3.8) is 0 Å². The zero-order chi connectivity index (χ0) is 10.4. The van der Waals surface area contributed by atoms with Gasteiger partial charge in [-0.3, -0.25) is 0 Å². The highest BCUT2D eigenvalue weighted by Crippen LogP contribution is 2.09. The molecule has 0 radical (unpaired) electrons. The number of nitrogens with one attached hydrogen (secondary N) is 1. The van der Waals surface area contributed by atoms with E-state index in [2.05, 4.69) is 48.1 Å². The highest BCUT2D eigenvalue weighted by Gasteiger charge is 2.09. The Morgan fingerprint density at radius 1 is 1.50 bits per heavy atom. The van der Waals surface area contributed by atoms with Crippen LogP contribution in [0.2, 0.25) is 0 Å². The summed E-state index contributed by atoms with van der Waals surface area (Å²) in [5, 5.41) is 7.90. The zero-order valence-electron chi connectivity index (χ0n) is 9.29. The zero-order valence-corrected chi connectivity index (χ0v) is 10.1. The summed E-state index contributed by atoms with van der Waals surface area (Å²) < 4.78 is 0. The lowest BCUT2D eigenvalue weighted by Gasteiger charge is -2.21. The fourth-order valence-electron chi connectivity index (χ4n) is 1.62. The Labute approximate surface area is 90.9 Å². The van der Waals surface area contributed by atoms with Gasteiger partial charge in [-0.05, 0) is 49.5 Å². The third kappa shape index (κ3) is 4.22. The topological polar surface area (TPSA) is 15.3 Å². The van der Waals surface area contributed by atoms with Crippen LogP contribution in [0, 0.1) is 0 Å². The fourth-order valence-corrected chi connectivity index (χ4v) is 2.31. The van der Waals surface area contributed by atoms with Gasteiger partial charge in [0.2, 0.25) is 0 Å². The third-order valence-electron chi connectivity index (χ3n) is 2.14. The summed E-state index contributed by atoms with van der Waals surface area (Å²) in [4.78, 5) is 2.24. The van der Waals surface area contributed by atoms with Crippen LogP contribution < -0.4 is 5.32 Å². The standard InChI is InChI=1S/C11H20N2S/c1-4-12-11(8-13(2)3)7-10-5-6-14-9-10/h5-6,9,11-12H,4,7-8H2,1-3H3. The summed E-state index contributed by atoms with van der Waals surface area (Å²) in [5.41, 5.74) is 1.45. The van der Waals surface area contributed by atoms with Gasteiger partial charge < -0.3 is 10.2 Å². The Hall–Kier alpha value is -0.380. The molecule has 0 aliphatic heterocycles. The minimum absolute atomic E-state index is 0.574. The highest BCUT2D eigenvalue weighted by atomic mass is 32.1. The van der Waals surface area contributed by atoms with Crippen molar-refractivity contribution in [3.05, 3.63) is 22.4 Å². The number of rotatable bonds is 6. The van der Waals surface area contributed by atoms with Gasteiger partial charge in [-0.2, -0.15) is 11.3 Å². The molecule has 1 N–H and O–H groups in total. The minimum Gasteiger partial charge on any atom is -0.313 e. The molecular formula is C11H20N2S. The van der Waals surface area contributed by atoms with E-state index >= 15 is 0 Å². The Bertz CT molecular complexity index is 231. The molecule has 0 bridgehead atoms. The van der Waals surface area contributed by atoms with E-state index in [1.807, 2.05) is 0 Å². The number of thiophene rings is 1. The minimum atomic E-state index is 0.574. The predicted molar refractivity (Wildman–Crippen MR) is 64.0 cm³/mol. The normalized spacial score (nSPS) is 13.4. The van der Waals surface area contributed by atoms with Gasteiger partial charge in [0.15, 0.2) is 0 Å². The first-order valence-corrected chi connectivity index (χ1v) is 6.05. The molecule has 1 heterocycles. The second kappa shape index (κ2) is 6.17. The molecule has 0 spiro atoms. The monoisotopic (exact) mass is 212 g/mol. The summed E-state index contributed by atoms with van der Waals surface area (Å²) in [7, 11) is 4.25. The van der Waals surface area contributed by atoms with Gasteiger partial charge in [-0.15, -0.1) is 0 Å². The number of nitrogens with zero attached hydrogens (tertiary/aromatic N) is 1. The molecule has 80 valence electrons. The molecule has 1 rings (SSSR count). The lowest BCUT2D eigenvalue weighted by Crippen LogP contribution is -2.39. The summed E-state index contributed by atoms with van der Waals surface area (Å²) >= 11 is 1.78. The van der Waals surface area contributed by atoms with E-state index in [9.17, 15) is 0 Å². The van der Waals surface area contributed by atoms with Crippen LogP contribution in [0.25, 0.3) is 0 Å². The molecule has 0 saturated carbocycles. The molecule has 1 aromatic heterocycles. The van der Waals surface area contributed by atoms with E-state index in [0.29, 0.717) is 6.04 Å². The number of hydrogen-bond acceptors (Lipinski definition) is 3. The van der Waals surface area contributed by atoms with Crippen molar-refractivity contribution < 1.29 is 0 Å². The van der Waals surface area contributed by atoms with Crippen molar-refractivity contribution in [3.8, 4) is 0 Å². The fraction of sp³-hybridized carbons (Fsp3) is 0.636. The van der Waals surface area contributed by atoms with Gasteiger partial charge in [0.1, 0.15) is 0 Å². The molecular weight excluding hydrogens is 192 g/mol. The van der Waals surface area contributed by atoms with Crippen LogP contribution in [-0.4, -0.2) is 38.1 Å². The van der Waals surface area contributed by atoms with Crippen LogP contribution in [0.15, 0.2) is 16.8 Å². The van der Waals surface area contributed by atoms with Crippen molar-refractivity contribution in [2.24, 2.45) is 0 Å². The van der Waals surface area contributed by atoms with Crippen molar-refractivity contribution in [1.29, 1.82) is 0 Å². The quantitative estimate of drug-likeness (QED) is 0.774. The predicted octanol–water partition coefficient (Wildman–Crippen LogP) is 1.83. The average Bonchev–Trinajstić information content (AvgIpc) is 2.56. The van der Waals surface area contributed by atoms with E-state index in [-0.39, 0.29) is 0 Å². The molecule has 1 unspecified atom stereocenters. The maximum Gasteiger partial charge on any atom is 0.0235 e. The van der Waals surface area contributed by atoms with E-state index in [1.165, 1.54) is 5.56 Å². The van der Waals surface area contributed by atoms with Crippen LogP contribution in [0.4, 0.5) is 0 Å². The van der Waals surface area contributed by atoms with Gasteiger partial charge in [-0.25, -0.2) is 0 Å². The van der Waals surface area contributed by atoms with E-state index < -0.39 is 0 Å². The van der Waals surface area contributed by atoms with Gasteiger partial charge in [0, 0.05) is 12.6 Å². The summed E-state index contributed by atoms with van der Waals surface area (Å²) in [6, 6.07) is 2.79. The molecule has 3 heteroatoms. The first kappa shape index (κ1) is 11.7. The summed E-state index contributed by atoms with van der Waals surface area (Å²) in [6.07, 6.45) is 1.13. The smallest absolute Gasteiger partial charge is 0.0235 e. The second-order valence-electron chi connectivity index (χ2n) is 3.85. The van der Waals surface area contributed by atoms with Crippen LogP contribution in [0.1, 0.15) is 12.5 Å². The molecule has 1 aromatic rings. The molecule has 0 aliphatic carbocycles. The molecule has 1 atom stereocenters. The van der Waals surface area contributed by atoms with Crippen LogP contribution >= 0.6 is 11.3 Å². The maximum absolute atomic E-state index is 3.52. The van der Waals surface area contributed by atoms with Gasteiger partial charge >= 0.3 is 0 Å². The highest BCUT2D eigenvalue weighted by molar-refractivity contribution is 7.07. The first-order chi connectivity index (χ1) is 6.72. The van der Waals surface area contributed by atoms with Crippen molar-refractivity contribution in [2.75, 3.05) is 27.2 Å². The van der Waals surface area contributed by atoms with Crippen molar-refractivity contribution >= 4 is 11.3 Å². The SMILES string of the molecule is CCNC(Cc1ccsc1)CN(C)C. The Morgan fingerprint density at radius 3 is 2.79 bits per heavy atom. The van der Waals surface area contributed by atoms with E-state index in [0.717, 1.165) is 19.5 Å². The van der Waals surface area contributed by atoms with E-state index in [1.54, 1.807) is 11.3 Å². The Morgan fingerprint density at radius 2 is 2.29 bits per heavy atom. The molecule has 0 aliphatic rings. The maximum atomic E-state index is 3.52. The molecule has 14 heavy (non-hydrogen) atoms. The molecule has 0 fully saturated rings. The van der Waals surface area contributed by atoms with Crippen molar-refractivity contribution in [2.45, 2.75) is 19.4 Å². The number of likely N-dealkylation sites (N-methyl/N-ethyl adjacent to an activating group) is 2. The first-order valence-electron chi connectivity index (χ1n) is 5.11.